The normalized spacial score (nSPS) is 11.9. The van der Waals surface area contributed by atoms with Crippen molar-refractivity contribution in [3.05, 3.63) is 100 Å². The van der Waals surface area contributed by atoms with Gasteiger partial charge in [0.1, 0.15) is 0 Å². The molecule has 0 fully saturated rings. The maximum Gasteiger partial charge on any atom is 0.235 e. The van der Waals surface area contributed by atoms with Crippen molar-refractivity contribution in [2.24, 2.45) is 0 Å². The Bertz CT molecular complexity index is 1240. The highest BCUT2D eigenvalue weighted by Crippen LogP contribution is 2.41. The number of nitrogens with one attached hydrogen (secondary N) is 2. The van der Waals surface area contributed by atoms with Crippen molar-refractivity contribution in [1.82, 2.24) is 4.98 Å². The number of nitro groups is 1. The fourth-order valence-corrected chi connectivity index (χ4v) is 4.09. The summed E-state index contributed by atoms with van der Waals surface area (Å²) in [5, 5.41) is 15.7. The molecule has 0 saturated heterocycles. The molecule has 4 aromatic rings. The number of carbonyl (C=O) groups is 1. The van der Waals surface area contributed by atoms with Gasteiger partial charge in [0, 0.05) is 21.5 Å². The summed E-state index contributed by atoms with van der Waals surface area (Å²) < 4.78 is 0. The molecule has 156 valence electrons. The number of anilines is 1. The first kappa shape index (κ1) is 20.8. The molecule has 2 N–H and O–H groups in total. The monoisotopic (exact) mass is 477 g/mol. The van der Waals surface area contributed by atoms with Crippen LogP contribution < -0.4 is 5.32 Å². The third-order valence-electron chi connectivity index (χ3n) is 5.22. The number of fused-ring (bicyclic) bond motifs is 1. The number of para-hydroxylation sites is 2. The number of amides is 1. The number of aromatic nitrogens is 1. The van der Waals surface area contributed by atoms with Crippen molar-refractivity contribution in [2.45, 2.75) is 5.92 Å². The van der Waals surface area contributed by atoms with Crippen molar-refractivity contribution < 1.29 is 9.72 Å². The minimum absolute atomic E-state index is 0.142. The quantitative estimate of drug-likeness (QED) is 0.207. The highest BCUT2D eigenvalue weighted by molar-refractivity contribution is 9.09. The number of carbonyl (C=O) groups excluding carboxylic acids is 1. The minimum atomic E-state index is -0.562. The van der Waals surface area contributed by atoms with Gasteiger partial charge in [-0.1, -0.05) is 82.7 Å². The molecule has 6 nitrogen and oxygen atoms in total. The zero-order chi connectivity index (χ0) is 21.8. The van der Waals surface area contributed by atoms with Crippen LogP contribution in [0.3, 0.4) is 0 Å². The second-order valence-electron chi connectivity index (χ2n) is 7.16. The van der Waals surface area contributed by atoms with Gasteiger partial charge in [0.05, 0.1) is 16.9 Å². The first-order valence-electron chi connectivity index (χ1n) is 9.81. The van der Waals surface area contributed by atoms with Crippen molar-refractivity contribution in [3.8, 4) is 11.3 Å². The lowest BCUT2D eigenvalue weighted by molar-refractivity contribution is -0.481. The average molecular weight is 478 g/mol. The molecule has 1 aromatic heterocycles. The van der Waals surface area contributed by atoms with Gasteiger partial charge in [0.25, 0.3) is 0 Å². The van der Waals surface area contributed by atoms with Gasteiger partial charge in [0.15, 0.2) is 0 Å². The van der Waals surface area contributed by atoms with Gasteiger partial charge in [-0.2, -0.15) is 0 Å². The summed E-state index contributed by atoms with van der Waals surface area (Å²) in [6.07, 6.45) is 0. The Balaban J connectivity index is 1.97. The summed E-state index contributed by atoms with van der Waals surface area (Å²) in [5.74, 6) is -0.775. The van der Waals surface area contributed by atoms with E-state index in [1.54, 1.807) is 6.07 Å². The van der Waals surface area contributed by atoms with Crippen LogP contribution in [0.1, 0.15) is 17.0 Å². The molecule has 0 saturated carbocycles. The summed E-state index contributed by atoms with van der Waals surface area (Å²) in [5.41, 5.74) is 4.82. The van der Waals surface area contributed by atoms with E-state index in [1.165, 1.54) is 0 Å². The van der Waals surface area contributed by atoms with E-state index >= 15 is 0 Å². The van der Waals surface area contributed by atoms with Crippen LogP contribution in [0, 0.1) is 10.1 Å². The maximum absolute atomic E-state index is 12.1. The van der Waals surface area contributed by atoms with Gasteiger partial charge in [0.2, 0.25) is 12.5 Å². The first-order chi connectivity index (χ1) is 15.1. The van der Waals surface area contributed by atoms with Crippen LogP contribution in [-0.4, -0.2) is 27.7 Å². The number of benzene rings is 3. The van der Waals surface area contributed by atoms with Gasteiger partial charge < -0.3 is 10.3 Å². The van der Waals surface area contributed by atoms with Crippen LogP contribution in [0.5, 0.6) is 0 Å². The molecule has 0 aliphatic rings. The van der Waals surface area contributed by atoms with Crippen LogP contribution in [0.25, 0.3) is 22.2 Å². The molecule has 1 unspecified atom stereocenters. The molecule has 1 atom stereocenters. The standard InChI is InChI=1S/C24H20BrN3O3/c25-14-22(29)26-20-12-6-4-10-17(20)19(15-28(30)31)23-18-11-5-7-13-21(18)27-24(23)16-8-2-1-3-9-16/h1-13,19,27H,14-15H2,(H,26,29). The zero-order valence-corrected chi connectivity index (χ0v) is 18.1. The summed E-state index contributed by atoms with van der Waals surface area (Å²) in [6, 6.07) is 24.8. The number of rotatable bonds is 7. The van der Waals surface area contributed by atoms with Crippen LogP contribution in [0.2, 0.25) is 0 Å². The Morgan fingerprint density at radius 1 is 1.00 bits per heavy atom. The smallest absolute Gasteiger partial charge is 0.235 e. The lowest BCUT2D eigenvalue weighted by Crippen LogP contribution is -2.19. The number of alkyl halides is 1. The third kappa shape index (κ3) is 4.36. The van der Waals surface area contributed by atoms with E-state index in [0.29, 0.717) is 11.3 Å². The summed E-state index contributed by atoms with van der Waals surface area (Å²) in [7, 11) is 0. The number of nitrogens with zero attached hydrogens (tertiary/aromatic N) is 1. The zero-order valence-electron chi connectivity index (χ0n) is 16.5. The lowest BCUT2D eigenvalue weighted by atomic mass is 9.86. The predicted octanol–water partition coefficient (Wildman–Crippen LogP) is 5.58. The topological polar surface area (TPSA) is 88.0 Å². The Hall–Kier alpha value is -3.45. The summed E-state index contributed by atoms with van der Waals surface area (Å²) >= 11 is 3.16. The Kier molecular flexibility index (Phi) is 6.13. The van der Waals surface area contributed by atoms with Gasteiger partial charge in [-0.15, -0.1) is 0 Å². The van der Waals surface area contributed by atoms with E-state index in [9.17, 15) is 14.9 Å². The highest BCUT2D eigenvalue weighted by Gasteiger charge is 2.29. The van der Waals surface area contributed by atoms with Crippen LogP contribution in [-0.2, 0) is 4.79 Å². The second-order valence-corrected chi connectivity index (χ2v) is 7.72. The van der Waals surface area contributed by atoms with Crippen LogP contribution in [0.15, 0.2) is 78.9 Å². The fraction of sp³-hybridized carbons (Fsp3) is 0.125. The van der Waals surface area contributed by atoms with E-state index in [1.807, 2.05) is 72.8 Å². The molecule has 0 aliphatic carbocycles. The minimum Gasteiger partial charge on any atom is -0.354 e. The molecule has 7 heteroatoms. The third-order valence-corrected chi connectivity index (χ3v) is 5.73. The number of H-pyrrole nitrogens is 1. The van der Waals surface area contributed by atoms with E-state index in [-0.39, 0.29) is 22.7 Å². The Labute approximate surface area is 187 Å². The fourth-order valence-electron chi connectivity index (χ4n) is 3.95. The van der Waals surface area contributed by atoms with Crippen molar-refractivity contribution in [2.75, 3.05) is 17.2 Å². The second kappa shape index (κ2) is 9.14. The first-order valence-corrected chi connectivity index (χ1v) is 10.9. The molecular weight excluding hydrogens is 458 g/mol. The van der Waals surface area contributed by atoms with Gasteiger partial charge in [-0.05, 0) is 28.8 Å². The van der Waals surface area contributed by atoms with E-state index < -0.39 is 5.92 Å². The molecule has 4 rings (SSSR count). The molecule has 1 heterocycles. The Morgan fingerprint density at radius 3 is 2.42 bits per heavy atom. The van der Waals surface area contributed by atoms with Crippen LogP contribution >= 0.6 is 15.9 Å². The molecule has 1 amide bonds. The maximum atomic E-state index is 12.1. The van der Waals surface area contributed by atoms with Gasteiger partial charge >= 0.3 is 0 Å². The number of hydrogen-bond donors (Lipinski definition) is 2. The largest absolute Gasteiger partial charge is 0.354 e. The molecule has 31 heavy (non-hydrogen) atoms. The van der Waals surface area contributed by atoms with Gasteiger partial charge in [-0.25, -0.2) is 0 Å². The van der Waals surface area contributed by atoms with Crippen LogP contribution in [0.4, 0.5) is 5.69 Å². The number of aromatic amines is 1. The van der Waals surface area contributed by atoms with E-state index in [0.717, 1.165) is 27.7 Å². The Morgan fingerprint density at radius 2 is 1.68 bits per heavy atom. The van der Waals surface area contributed by atoms with Crippen molar-refractivity contribution >= 4 is 38.4 Å². The molecule has 3 aromatic carbocycles. The predicted molar refractivity (Wildman–Crippen MR) is 126 cm³/mol. The van der Waals surface area contributed by atoms with Crippen molar-refractivity contribution in [1.29, 1.82) is 0 Å². The molecule has 0 bridgehead atoms. The molecule has 0 spiro atoms. The van der Waals surface area contributed by atoms with Gasteiger partial charge in [-0.3, -0.25) is 14.9 Å². The summed E-state index contributed by atoms with van der Waals surface area (Å²) in [4.78, 5) is 27.0. The lowest BCUT2D eigenvalue weighted by Gasteiger charge is -2.19. The molecular formula is C24H20BrN3O3. The average Bonchev–Trinajstić information content (AvgIpc) is 3.18. The molecule has 0 radical (unpaired) electrons. The molecule has 0 aliphatic heterocycles. The number of hydrogen-bond acceptors (Lipinski definition) is 3. The highest BCUT2D eigenvalue weighted by atomic mass is 79.9. The van der Waals surface area contributed by atoms with E-state index in [4.69, 9.17) is 0 Å². The number of halogens is 1. The SMILES string of the molecule is O=C(CBr)Nc1ccccc1C(C[N+](=O)[O-])c1c(-c2ccccc2)[nH]c2ccccc12. The van der Waals surface area contributed by atoms with Crippen molar-refractivity contribution in [3.63, 3.8) is 0 Å². The summed E-state index contributed by atoms with van der Waals surface area (Å²) in [6.45, 7) is -0.303. The van der Waals surface area contributed by atoms with E-state index in [2.05, 4.69) is 26.2 Å².